The molecule has 0 aromatic heterocycles. The Balaban J connectivity index is 2.63. The third kappa shape index (κ3) is 4.72. The minimum atomic E-state index is -0.224. The van der Waals surface area contributed by atoms with Crippen LogP contribution in [-0.4, -0.2) is 33.2 Å². The van der Waals surface area contributed by atoms with Gasteiger partial charge in [-0.05, 0) is 26.0 Å². The van der Waals surface area contributed by atoms with Crippen LogP contribution < -0.4 is 10.1 Å². The first-order chi connectivity index (χ1) is 9.76. The first kappa shape index (κ1) is 16.3. The fourth-order valence-corrected chi connectivity index (χ4v) is 1.88. The molecular weight excluding hydrogens is 256 g/mol. The molecule has 1 aromatic rings. The maximum Gasteiger partial charge on any atom is 0.159 e. The quantitative estimate of drug-likeness (QED) is 0.704. The summed E-state index contributed by atoms with van der Waals surface area (Å²) >= 11 is 0. The Morgan fingerprint density at radius 3 is 2.50 bits per heavy atom. The number of para-hydroxylation sites is 1. The predicted octanol–water partition coefficient (Wildman–Crippen LogP) is 2.77. The molecular formula is C15H22N2O3. The molecule has 0 atom stereocenters. The maximum atomic E-state index is 9.12. The molecule has 0 aliphatic carbocycles. The van der Waals surface area contributed by atoms with Gasteiger partial charge in [-0.15, -0.1) is 0 Å². The third-order valence-electron chi connectivity index (χ3n) is 2.75. The van der Waals surface area contributed by atoms with Crippen molar-refractivity contribution in [1.82, 2.24) is 0 Å². The summed E-state index contributed by atoms with van der Waals surface area (Å²) in [4.78, 5) is 0. The van der Waals surface area contributed by atoms with E-state index in [9.17, 15) is 0 Å². The largest absolute Gasteiger partial charge is 0.495 e. The molecule has 1 N–H and O–H groups in total. The van der Waals surface area contributed by atoms with Gasteiger partial charge in [-0.2, -0.15) is 5.26 Å². The van der Waals surface area contributed by atoms with E-state index in [1.54, 1.807) is 19.2 Å². The standard InChI is InChI=1S/C15H22N2O3/c1-4-19-14(20-5-2)9-10-17-15-12(11-16)7-6-8-13(15)18-3/h6-8,14,17H,4-5,9-10H2,1-3H3. The van der Waals surface area contributed by atoms with Gasteiger partial charge in [-0.1, -0.05) is 6.07 Å². The molecule has 0 heterocycles. The summed E-state index contributed by atoms with van der Waals surface area (Å²) in [7, 11) is 1.59. The zero-order chi connectivity index (χ0) is 14.8. The van der Waals surface area contributed by atoms with Crippen LogP contribution in [0.1, 0.15) is 25.8 Å². The highest BCUT2D eigenvalue weighted by atomic mass is 16.7. The van der Waals surface area contributed by atoms with E-state index >= 15 is 0 Å². The number of anilines is 1. The van der Waals surface area contributed by atoms with E-state index in [0.717, 1.165) is 0 Å². The first-order valence-electron chi connectivity index (χ1n) is 6.80. The molecule has 0 aliphatic heterocycles. The van der Waals surface area contributed by atoms with E-state index in [-0.39, 0.29) is 6.29 Å². The lowest BCUT2D eigenvalue weighted by Gasteiger charge is -2.18. The number of nitriles is 1. The highest BCUT2D eigenvalue weighted by Crippen LogP contribution is 2.27. The Morgan fingerprint density at radius 1 is 1.25 bits per heavy atom. The molecule has 5 heteroatoms. The zero-order valence-electron chi connectivity index (χ0n) is 12.3. The number of hydrogen-bond acceptors (Lipinski definition) is 5. The third-order valence-corrected chi connectivity index (χ3v) is 2.75. The Morgan fingerprint density at radius 2 is 1.95 bits per heavy atom. The van der Waals surface area contributed by atoms with Crippen molar-refractivity contribution in [3.8, 4) is 11.8 Å². The monoisotopic (exact) mass is 278 g/mol. The molecule has 0 radical (unpaired) electrons. The molecule has 0 unspecified atom stereocenters. The molecule has 0 aliphatic rings. The second-order valence-electron chi connectivity index (χ2n) is 4.05. The second kappa shape index (κ2) is 9.18. The van der Waals surface area contributed by atoms with Gasteiger partial charge in [-0.25, -0.2) is 0 Å². The van der Waals surface area contributed by atoms with Crippen molar-refractivity contribution >= 4 is 5.69 Å². The number of methoxy groups -OCH3 is 1. The van der Waals surface area contributed by atoms with Crippen LogP contribution in [0, 0.1) is 11.3 Å². The SMILES string of the molecule is CCOC(CCNc1c(C#N)cccc1OC)OCC. The van der Waals surface area contributed by atoms with E-state index in [1.165, 1.54) is 0 Å². The minimum Gasteiger partial charge on any atom is -0.495 e. The summed E-state index contributed by atoms with van der Waals surface area (Å²) in [6.07, 6.45) is 0.475. The average Bonchev–Trinajstić information content (AvgIpc) is 2.47. The van der Waals surface area contributed by atoms with E-state index in [4.69, 9.17) is 19.5 Å². The lowest BCUT2D eigenvalue weighted by Crippen LogP contribution is -2.21. The van der Waals surface area contributed by atoms with Crippen LogP contribution in [0.25, 0.3) is 0 Å². The smallest absolute Gasteiger partial charge is 0.159 e. The minimum absolute atomic E-state index is 0.224. The predicted molar refractivity (Wildman–Crippen MR) is 77.9 cm³/mol. The van der Waals surface area contributed by atoms with Gasteiger partial charge in [0.05, 0.1) is 18.4 Å². The van der Waals surface area contributed by atoms with Crippen molar-refractivity contribution < 1.29 is 14.2 Å². The van der Waals surface area contributed by atoms with E-state index in [0.29, 0.717) is 43.2 Å². The number of ether oxygens (including phenoxy) is 3. The molecule has 110 valence electrons. The van der Waals surface area contributed by atoms with Crippen molar-refractivity contribution in [2.45, 2.75) is 26.6 Å². The van der Waals surface area contributed by atoms with Crippen LogP contribution >= 0.6 is 0 Å². The summed E-state index contributed by atoms with van der Waals surface area (Å²) in [5.74, 6) is 0.661. The highest BCUT2D eigenvalue weighted by molar-refractivity contribution is 5.66. The Hall–Kier alpha value is -1.77. The Labute approximate surface area is 120 Å². The van der Waals surface area contributed by atoms with Crippen LogP contribution in [0.15, 0.2) is 18.2 Å². The molecule has 0 saturated carbocycles. The Kier molecular flexibility index (Phi) is 7.48. The zero-order valence-corrected chi connectivity index (χ0v) is 12.3. The molecule has 0 fully saturated rings. The fourth-order valence-electron chi connectivity index (χ4n) is 1.88. The van der Waals surface area contributed by atoms with Crippen molar-refractivity contribution in [3.05, 3.63) is 23.8 Å². The number of benzene rings is 1. The van der Waals surface area contributed by atoms with Crippen LogP contribution in [0.3, 0.4) is 0 Å². The van der Waals surface area contributed by atoms with Crippen molar-refractivity contribution in [1.29, 1.82) is 5.26 Å². The van der Waals surface area contributed by atoms with Crippen LogP contribution in [0.2, 0.25) is 0 Å². The van der Waals surface area contributed by atoms with Gasteiger partial charge in [0.2, 0.25) is 0 Å². The van der Waals surface area contributed by atoms with Gasteiger partial charge in [0, 0.05) is 26.2 Å². The first-order valence-corrected chi connectivity index (χ1v) is 6.80. The van der Waals surface area contributed by atoms with Gasteiger partial charge in [0.1, 0.15) is 11.8 Å². The van der Waals surface area contributed by atoms with Gasteiger partial charge >= 0.3 is 0 Å². The fraction of sp³-hybridized carbons (Fsp3) is 0.533. The topological polar surface area (TPSA) is 63.5 Å². The molecule has 1 rings (SSSR count). The number of rotatable bonds is 9. The van der Waals surface area contributed by atoms with E-state index in [1.807, 2.05) is 19.9 Å². The number of hydrogen-bond donors (Lipinski definition) is 1. The molecule has 20 heavy (non-hydrogen) atoms. The summed E-state index contributed by atoms with van der Waals surface area (Å²) in [6.45, 7) is 5.74. The van der Waals surface area contributed by atoms with E-state index < -0.39 is 0 Å². The van der Waals surface area contributed by atoms with Gasteiger partial charge in [0.15, 0.2) is 6.29 Å². The van der Waals surface area contributed by atoms with Crippen LogP contribution in [0.4, 0.5) is 5.69 Å². The summed E-state index contributed by atoms with van der Waals surface area (Å²) in [5.41, 5.74) is 1.28. The molecule has 1 aromatic carbocycles. The second-order valence-corrected chi connectivity index (χ2v) is 4.05. The lowest BCUT2D eigenvalue weighted by molar-refractivity contribution is -0.137. The van der Waals surface area contributed by atoms with Crippen molar-refractivity contribution in [2.75, 3.05) is 32.2 Å². The van der Waals surface area contributed by atoms with Crippen molar-refractivity contribution in [3.63, 3.8) is 0 Å². The number of nitrogens with one attached hydrogen (secondary N) is 1. The van der Waals surface area contributed by atoms with Gasteiger partial charge < -0.3 is 19.5 Å². The Bertz CT molecular complexity index is 437. The summed E-state index contributed by atoms with van der Waals surface area (Å²) < 4.78 is 16.2. The van der Waals surface area contributed by atoms with Gasteiger partial charge in [-0.3, -0.25) is 0 Å². The average molecular weight is 278 g/mol. The number of nitrogens with zero attached hydrogens (tertiary/aromatic N) is 1. The summed E-state index contributed by atoms with van der Waals surface area (Å²) in [6, 6.07) is 7.53. The molecule has 0 saturated heterocycles. The molecule has 0 bridgehead atoms. The normalized spacial score (nSPS) is 10.3. The molecule has 0 amide bonds. The maximum absolute atomic E-state index is 9.12. The van der Waals surface area contributed by atoms with Crippen LogP contribution in [0.5, 0.6) is 5.75 Å². The molecule has 5 nitrogen and oxygen atoms in total. The summed E-state index contributed by atoms with van der Waals surface area (Å²) in [5, 5.41) is 12.3. The highest BCUT2D eigenvalue weighted by Gasteiger charge is 2.11. The van der Waals surface area contributed by atoms with Crippen LogP contribution in [-0.2, 0) is 9.47 Å². The lowest BCUT2D eigenvalue weighted by atomic mass is 10.1. The molecule has 0 spiro atoms. The van der Waals surface area contributed by atoms with E-state index in [2.05, 4.69) is 11.4 Å². The van der Waals surface area contributed by atoms with Crippen molar-refractivity contribution in [2.24, 2.45) is 0 Å². The van der Waals surface area contributed by atoms with Gasteiger partial charge in [0.25, 0.3) is 0 Å².